The van der Waals surface area contributed by atoms with Crippen LogP contribution in [0.4, 0.5) is 22.0 Å². The van der Waals surface area contributed by atoms with Crippen molar-refractivity contribution in [3.8, 4) is 0 Å². The van der Waals surface area contributed by atoms with Gasteiger partial charge in [-0.15, -0.1) is 0 Å². The Morgan fingerprint density at radius 2 is 1.38 bits per heavy atom. The van der Waals surface area contributed by atoms with E-state index in [1.165, 1.54) is 13.8 Å². The summed E-state index contributed by atoms with van der Waals surface area (Å²) in [6.45, 7) is 3.86. The number of allylic oxidation sites excluding steroid dienone is 2. The molecule has 0 bridgehead atoms. The highest BCUT2D eigenvalue weighted by Gasteiger charge is 2.50. The Morgan fingerprint density at radius 1 is 1.00 bits per heavy atom. The van der Waals surface area contributed by atoms with Crippen molar-refractivity contribution in [3.63, 3.8) is 0 Å². The van der Waals surface area contributed by atoms with E-state index in [4.69, 9.17) is 0 Å². The van der Waals surface area contributed by atoms with E-state index in [1.54, 1.807) is 0 Å². The summed E-state index contributed by atoms with van der Waals surface area (Å²) in [5.41, 5.74) is -0.0573. The van der Waals surface area contributed by atoms with Crippen LogP contribution in [0.15, 0.2) is 11.1 Å². The Balaban J connectivity index is 4.79. The second kappa shape index (κ2) is 4.07. The largest absolute Gasteiger partial charge is 0.341 e. The van der Waals surface area contributed by atoms with Crippen LogP contribution in [0.2, 0.25) is 0 Å². The van der Waals surface area contributed by atoms with Crippen LogP contribution in [0.25, 0.3) is 0 Å². The molecule has 0 N–H and O–H groups in total. The first-order valence-corrected chi connectivity index (χ1v) is 3.65. The summed E-state index contributed by atoms with van der Waals surface area (Å²) in [5, 5.41) is 0. The zero-order chi connectivity index (χ0) is 10.8. The van der Waals surface area contributed by atoms with Gasteiger partial charge < -0.3 is 0 Å². The summed E-state index contributed by atoms with van der Waals surface area (Å²) in [7, 11) is 0. The first kappa shape index (κ1) is 12.4. The lowest BCUT2D eigenvalue weighted by Gasteiger charge is -2.21. The Bertz CT molecular complexity index is 203. The molecule has 0 radical (unpaired) electrons. The van der Waals surface area contributed by atoms with E-state index in [0.29, 0.717) is 0 Å². The predicted octanol–water partition coefficient (Wildman–Crippen LogP) is 3.58. The third-order valence-corrected chi connectivity index (χ3v) is 1.80. The molecule has 0 aliphatic carbocycles. The van der Waals surface area contributed by atoms with Gasteiger partial charge in [0, 0.05) is 0 Å². The number of rotatable bonds is 3. The standard InChI is InChI=1S/C8H11F5/c1-4(2)5(3)6(9)8(12,13)7(10)11/h6-7H,1-3H3. The highest BCUT2D eigenvalue weighted by Crippen LogP contribution is 2.33. The van der Waals surface area contributed by atoms with E-state index in [0.717, 1.165) is 6.92 Å². The summed E-state index contributed by atoms with van der Waals surface area (Å²) in [4.78, 5) is 0. The van der Waals surface area contributed by atoms with E-state index in [-0.39, 0.29) is 11.1 Å². The third kappa shape index (κ3) is 2.67. The summed E-state index contributed by atoms with van der Waals surface area (Å²) in [6, 6.07) is 0. The molecular formula is C8H11F5. The molecule has 0 fully saturated rings. The van der Waals surface area contributed by atoms with Crippen molar-refractivity contribution >= 4 is 0 Å². The van der Waals surface area contributed by atoms with Crippen molar-refractivity contribution in [2.75, 3.05) is 0 Å². The van der Waals surface area contributed by atoms with Crippen LogP contribution in [-0.2, 0) is 0 Å². The van der Waals surface area contributed by atoms with E-state index >= 15 is 0 Å². The van der Waals surface area contributed by atoms with Crippen LogP contribution in [0.3, 0.4) is 0 Å². The zero-order valence-electron chi connectivity index (χ0n) is 7.54. The van der Waals surface area contributed by atoms with Gasteiger partial charge in [-0.05, 0) is 26.3 Å². The number of hydrogen-bond acceptors (Lipinski definition) is 0. The number of alkyl halides is 5. The summed E-state index contributed by atoms with van der Waals surface area (Å²) in [5.74, 6) is -4.60. The average molecular weight is 202 g/mol. The smallest absolute Gasteiger partial charge is 0.236 e. The van der Waals surface area contributed by atoms with Crippen molar-refractivity contribution in [2.45, 2.75) is 39.3 Å². The summed E-state index contributed by atoms with van der Waals surface area (Å²) < 4.78 is 60.9. The van der Waals surface area contributed by atoms with E-state index in [9.17, 15) is 22.0 Å². The molecule has 0 nitrogen and oxygen atoms in total. The molecule has 0 aromatic heterocycles. The molecule has 0 heterocycles. The van der Waals surface area contributed by atoms with Gasteiger partial charge in [0.15, 0.2) is 6.17 Å². The quantitative estimate of drug-likeness (QED) is 0.484. The molecule has 1 unspecified atom stereocenters. The van der Waals surface area contributed by atoms with Crippen molar-refractivity contribution in [1.29, 1.82) is 0 Å². The Kier molecular flexibility index (Phi) is 3.88. The predicted molar refractivity (Wildman–Crippen MR) is 39.9 cm³/mol. The Labute approximate surface area is 73.4 Å². The van der Waals surface area contributed by atoms with Crippen LogP contribution < -0.4 is 0 Å². The van der Waals surface area contributed by atoms with Crippen LogP contribution in [0.5, 0.6) is 0 Å². The highest BCUT2D eigenvalue weighted by atomic mass is 19.3. The molecule has 0 aliphatic rings. The van der Waals surface area contributed by atoms with E-state index in [1.807, 2.05) is 0 Å². The topological polar surface area (TPSA) is 0 Å². The fraction of sp³-hybridized carbons (Fsp3) is 0.750. The van der Waals surface area contributed by atoms with Gasteiger partial charge in [0.1, 0.15) is 0 Å². The SMILES string of the molecule is CC(C)=C(C)C(F)C(F)(F)C(F)F. The molecule has 0 aliphatic heterocycles. The van der Waals surface area contributed by atoms with Gasteiger partial charge >= 0.3 is 12.3 Å². The molecule has 0 rings (SSSR count). The minimum Gasteiger partial charge on any atom is -0.236 e. The third-order valence-electron chi connectivity index (χ3n) is 1.80. The molecule has 0 aromatic carbocycles. The Hall–Kier alpha value is -0.610. The van der Waals surface area contributed by atoms with Gasteiger partial charge in [0.05, 0.1) is 0 Å². The fourth-order valence-corrected chi connectivity index (χ4v) is 0.653. The highest BCUT2D eigenvalue weighted by molar-refractivity contribution is 5.15. The molecule has 5 heteroatoms. The second-order valence-electron chi connectivity index (χ2n) is 3.02. The van der Waals surface area contributed by atoms with Crippen molar-refractivity contribution in [1.82, 2.24) is 0 Å². The maximum absolute atomic E-state index is 12.8. The lowest BCUT2D eigenvalue weighted by molar-refractivity contribution is -0.161. The molecule has 0 saturated carbocycles. The van der Waals surface area contributed by atoms with E-state index < -0.39 is 18.5 Å². The maximum Gasteiger partial charge on any atom is 0.341 e. The molecule has 0 aromatic rings. The minimum atomic E-state index is -4.60. The van der Waals surface area contributed by atoms with Gasteiger partial charge in [0.25, 0.3) is 0 Å². The number of hydrogen-bond donors (Lipinski definition) is 0. The van der Waals surface area contributed by atoms with Crippen molar-refractivity contribution in [2.24, 2.45) is 0 Å². The molecule has 78 valence electrons. The molecule has 0 saturated heterocycles. The van der Waals surface area contributed by atoms with Crippen LogP contribution >= 0.6 is 0 Å². The summed E-state index contributed by atoms with van der Waals surface area (Å²) in [6.07, 6.45) is -6.88. The van der Waals surface area contributed by atoms with Gasteiger partial charge in [-0.2, -0.15) is 8.78 Å². The second-order valence-corrected chi connectivity index (χ2v) is 3.02. The monoisotopic (exact) mass is 202 g/mol. The van der Waals surface area contributed by atoms with Gasteiger partial charge in [0.2, 0.25) is 0 Å². The normalized spacial score (nSPS) is 14.5. The van der Waals surface area contributed by atoms with Crippen LogP contribution in [0, 0.1) is 0 Å². The van der Waals surface area contributed by atoms with E-state index in [2.05, 4.69) is 0 Å². The maximum atomic E-state index is 12.8. The summed E-state index contributed by atoms with van der Waals surface area (Å²) >= 11 is 0. The molecule has 13 heavy (non-hydrogen) atoms. The molecular weight excluding hydrogens is 191 g/mol. The van der Waals surface area contributed by atoms with Crippen molar-refractivity contribution in [3.05, 3.63) is 11.1 Å². The fourth-order valence-electron chi connectivity index (χ4n) is 0.653. The van der Waals surface area contributed by atoms with Crippen molar-refractivity contribution < 1.29 is 22.0 Å². The Morgan fingerprint density at radius 3 is 1.62 bits per heavy atom. The van der Waals surface area contributed by atoms with Crippen LogP contribution in [0.1, 0.15) is 20.8 Å². The van der Waals surface area contributed by atoms with Gasteiger partial charge in [-0.25, -0.2) is 13.2 Å². The number of halogens is 5. The average Bonchev–Trinajstić information content (AvgIpc) is 2.01. The van der Waals surface area contributed by atoms with Crippen LogP contribution in [-0.4, -0.2) is 18.5 Å². The molecule has 0 spiro atoms. The van der Waals surface area contributed by atoms with Gasteiger partial charge in [-0.3, -0.25) is 0 Å². The molecule has 1 atom stereocenters. The first-order chi connectivity index (χ1) is 5.71. The lowest BCUT2D eigenvalue weighted by atomic mass is 10.0. The first-order valence-electron chi connectivity index (χ1n) is 3.65. The lowest BCUT2D eigenvalue weighted by Crippen LogP contribution is -2.38. The zero-order valence-corrected chi connectivity index (χ0v) is 7.54. The minimum absolute atomic E-state index is 0.285. The van der Waals surface area contributed by atoms with Gasteiger partial charge in [-0.1, -0.05) is 5.57 Å². The molecule has 0 amide bonds.